The molecule has 0 rings (SSSR count). The van der Waals surface area contributed by atoms with Gasteiger partial charge in [-0.3, -0.25) is 4.79 Å². The van der Waals surface area contributed by atoms with Crippen molar-refractivity contribution in [2.24, 2.45) is 0 Å². The molecular weight excluding hydrogens is 679 g/mol. The SMILES string of the molecule is CCCCCCCCCCCCCC/C=C\CCCCCCCCCCCCCCCCC(O)CC(=O)NC(CO)C(O)CCCCCCCCCCCC. The molecule has 1 amide bonds. The van der Waals surface area contributed by atoms with Crippen LogP contribution in [0.25, 0.3) is 0 Å². The first-order chi connectivity index (χ1) is 27.0. The summed E-state index contributed by atoms with van der Waals surface area (Å²) in [5, 5.41) is 33.3. The first kappa shape index (κ1) is 54.1. The maximum Gasteiger partial charge on any atom is 0.222 e. The molecule has 0 bridgehead atoms. The van der Waals surface area contributed by atoms with Gasteiger partial charge < -0.3 is 20.6 Å². The third-order valence-corrected chi connectivity index (χ3v) is 11.8. The molecule has 0 spiro atoms. The monoisotopic (exact) mass is 778 g/mol. The summed E-state index contributed by atoms with van der Waals surface area (Å²) in [7, 11) is 0. The van der Waals surface area contributed by atoms with Gasteiger partial charge in [0.1, 0.15) is 0 Å². The number of unbranched alkanes of at least 4 members (excludes halogenated alkanes) is 35. The molecule has 0 aliphatic rings. The number of carbonyl (C=O) groups is 1. The van der Waals surface area contributed by atoms with Crippen LogP contribution in [0.1, 0.15) is 277 Å². The van der Waals surface area contributed by atoms with Crippen LogP contribution in [0.4, 0.5) is 0 Å². The lowest BCUT2D eigenvalue weighted by Gasteiger charge is -2.23. The van der Waals surface area contributed by atoms with Crippen LogP contribution in [0, 0.1) is 0 Å². The molecule has 3 unspecified atom stereocenters. The van der Waals surface area contributed by atoms with E-state index in [1.54, 1.807) is 0 Å². The number of hydrogen-bond donors (Lipinski definition) is 4. The maximum absolute atomic E-state index is 12.4. The summed E-state index contributed by atoms with van der Waals surface area (Å²) in [6.45, 7) is 4.26. The number of carbonyl (C=O) groups excluding carboxylic acids is 1. The zero-order chi connectivity index (χ0) is 40.1. The highest BCUT2D eigenvalue weighted by Gasteiger charge is 2.21. The van der Waals surface area contributed by atoms with E-state index in [1.165, 1.54) is 218 Å². The Balaban J connectivity index is 3.46. The Morgan fingerprint density at radius 1 is 0.436 bits per heavy atom. The van der Waals surface area contributed by atoms with E-state index in [1.807, 2.05) is 0 Å². The van der Waals surface area contributed by atoms with Crippen molar-refractivity contribution in [3.63, 3.8) is 0 Å². The van der Waals surface area contributed by atoms with Crippen molar-refractivity contribution in [3.8, 4) is 0 Å². The first-order valence-electron chi connectivity index (χ1n) is 25.0. The molecule has 5 nitrogen and oxygen atoms in total. The summed E-state index contributed by atoms with van der Waals surface area (Å²) in [6, 6.07) is -0.653. The van der Waals surface area contributed by atoms with Gasteiger partial charge >= 0.3 is 0 Å². The van der Waals surface area contributed by atoms with Crippen LogP contribution < -0.4 is 5.32 Å². The fraction of sp³-hybridized carbons (Fsp3) is 0.940. The minimum absolute atomic E-state index is 0.0401. The van der Waals surface area contributed by atoms with Crippen LogP contribution in [0.2, 0.25) is 0 Å². The number of allylic oxidation sites excluding steroid dienone is 2. The highest BCUT2D eigenvalue weighted by atomic mass is 16.3. The Kier molecular flexibility index (Phi) is 45.0. The zero-order valence-corrected chi connectivity index (χ0v) is 37.3. The molecule has 0 saturated heterocycles. The topological polar surface area (TPSA) is 89.8 Å². The molecule has 5 heteroatoms. The Bertz CT molecular complexity index is 773. The van der Waals surface area contributed by atoms with E-state index >= 15 is 0 Å². The second-order valence-electron chi connectivity index (χ2n) is 17.4. The van der Waals surface area contributed by atoms with Crippen molar-refractivity contribution in [2.75, 3.05) is 6.61 Å². The number of rotatable bonds is 46. The fourth-order valence-electron chi connectivity index (χ4n) is 7.99. The lowest BCUT2D eigenvalue weighted by Crippen LogP contribution is -2.46. The lowest BCUT2D eigenvalue weighted by atomic mass is 10.0. The molecule has 0 aromatic carbocycles. The van der Waals surface area contributed by atoms with E-state index in [0.29, 0.717) is 12.8 Å². The van der Waals surface area contributed by atoms with Crippen LogP contribution in [-0.2, 0) is 4.79 Å². The van der Waals surface area contributed by atoms with Gasteiger partial charge in [-0.25, -0.2) is 0 Å². The van der Waals surface area contributed by atoms with E-state index in [0.717, 1.165) is 25.7 Å². The number of amides is 1. The van der Waals surface area contributed by atoms with Crippen molar-refractivity contribution in [1.82, 2.24) is 5.32 Å². The summed E-state index contributed by atoms with van der Waals surface area (Å²) < 4.78 is 0. The predicted molar refractivity (Wildman–Crippen MR) is 241 cm³/mol. The minimum atomic E-state index is -0.744. The third-order valence-electron chi connectivity index (χ3n) is 11.8. The quantitative estimate of drug-likeness (QED) is 0.0366. The average Bonchev–Trinajstić information content (AvgIpc) is 3.18. The molecule has 3 atom stereocenters. The molecule has 328 valence electrons. The van der Waals surface area contributed by atoms with Gasteiger partial charge in [0.2, 0.25) is 5.91 Å². The molecular formula is C50H99NO4. The van der Waals surface area contributed by atoms with Gasteiger partial charge in [0.05, 0.1) is 31.3 Å². The smallest absolute Gasteiger partial charge is 0.222 e. The summed E-state index contributed by atoms with van der Waals surface area (Å²) in [4.78, 5) is 12.4. The molecule has 0 aromatic rings. The lowest BCUT2D eigenvalue weighted by molar-refractivity contribution is -0.125. The molecule has 0 saturated carbocycles. The van der Waals surface area contributed by atoms with Crippen molar-refractivity contribution >= 4 is 5.91 Å². The summed E-state index contributed by atoms with van der Waals surface area (Å²) in [5.74, 6) is -0.281. The van der Waals surface area contributed by atoms with Gasteiger partial charge in [-0.05, 0) is 38.5 Å². The van der Waals surface area contributed by atoms with Crippen molar-refractivity contribution < 1.29 is 20.1 Å². The zero-order valence-electron chi connectivity index (χ0n) is 37.3. The van der Waals surface area contributed by atoms with E-state index in [2.05, 4.69) is 31.3 Å². The summed E-state index contributed by atoms with van der Waals surface area (Å²) in [6.07, 6.45) is 55.1. The second-order valence-corrected chi connectivity index (χ2v) is 17.4. The Hall–Kier alpha value is -0.910. The van der Waals surface area contributed by atoms with E-state index in [4.69, 9.17) is 0 Å². The van der Waals surface area contributed by atoms with E-state index < -0.39 is 18.2 Å². The van der Waals surface area contributed by atoms with Gasteiger partial charge in [0, 0.05) is 0 Å². The normalized spacial score (nSPS) is 13.5. The Morgan fingerprint density at radius 3 is 1.05 bits per heavy atom. The number of aliphatic hydroxyl groups excluding tert-OH is 3. The third kappa shape index (κ3) is 42.5. The Labute approximate surface area is 344 Å². The molecule has 55 heavy (non-hydrogen) atoms. The predicted octanol–water partition coefficient (Wildman–Crippen LogP) is 14.8. The highest BCUT2D eigenvalue weighted by Crippen LogP contribution is 2.17. The first-order valence-corrected chi connectivity index (χ1v) is 25.0. The summed E-state index contributed by atoms with van der Waals surface area (Å²) >= 11 is 0. The van der Waals surface area contributed by atoms with E-state index in [9.17, 15) is 20.1 Å². The maximum atomic E-state index is 12.4. The highest BCUT2D eigenvalue weighted by molar-refractivity contribution is 5.76. The number of hydrogen-bond acceptors (Lipinski definition) is 4. The van der Waals surface area contributed by atoms with Crippen LogP contribution >= 0.6 is 0 Å². The molecule has 4 N–H and O–H groups in total. The van der Waals surface area contributed by atoms with Crippen molar-refractivity contribution in [1.29, 1.82) is 0 Å². The molecule has 0 heterocycles. The fourth-order valence-corrected chi connectivity index (χ4v) is 7.99. The molecule has 0 radical (unpaired) electrons. The standard InChI is InChI=1S/C50H99NO4/c1-3-5-7-9-11-13-15-16-17-18-19-20-21-22-23-24-25-26-27-28-29-30-31-32-33-34-35-37-39-41-43-47(53)45-50(55)51-48(46-52)49(54)44-42-40-38-36-14-12-10-8-6-4-2/h22-23,47-49,52-54H,3-21,24-46H2,1-2H3,(H,51,55)/b23-22-. The molecule has 0 fully saturated rings. The van der Waals surface area contributed by atoms with Gasteiger partial charge in [-0.15, -0.1) is 0 Å². The molecule has 0 aromatic heterocycles. The number of nitrogens with one attached hydrogen (secondary N) is 1. The van der Waals surface area contributed by atoms with Gasteiger partial charge in [0.15, 0.2) is 0 Å². The van der Waals surface area contributed by atoms with Crippen molar-refractivity contribution in [2.45, 2.75) is 295 Å². The summed E-state index contributed by atoms with van der Waals surface area (Å²) in [5.41, 5.74) is 0. The second kappa shape index (κ2) is 45.8. The van der Waals surface area contributed by atoms with Crippen molar-refractivity contribution in [3.05, 3.63) is 12.2 Å². The van der Waals surface area contributed by atoms with Gasteiger partial charge in [0.25, 0.3) is 0 Å². The van der Waals surface area contributed by atoms with Crippen LogP contribution in [0.5, 0.6) is 0 Å². The van der Waals surface area contributed by atoms with E-state index in [-0.39, 0.29) is 18.9 Å². The Morgan fingerprint density at radius 2 is 0.727 bits per heavy atom. The largest absolute Gasteiger partial charge is 0.394 e. The number of aliphatic hydroxyl groups is 3. The average molecular weight is 778 g/mol. The van der Waals surface area contributed by atoms with Crippen LogP contribution in [0.3, 0.4) is 0 Å². The van der Waals surface area contributed by atoms with Crippen LogP contribution in [0.15, 0.2) is 12.2 Å². The van der Waals surface area contributed by atoms with Gasteiger partial charge in [-0.1, -0.05) is 244 Å². The van der Waals surface area contributed by atoms with Gasteiger partial charge in [-0.2, -0.15) is 0 Å². The molecule has 0 aliphatic heterocycles. The minimum Gasteiger partial charge on any atom is -0.394 e. The molecule has 0 aliphatic carbocycles. The van der Waals surface area contributed by atoms with Crippen LogP contribution in [-0.4, -0.2) is 46.1 Å².